The summed E-state index contributed by atoms with van der Waals surface area (Å²) in [5.41, 5.74) is 1.78. The van der Waals surface area contributed by atoms with E-state index in [9.17, 15) is 13.2 Å². The van der Waals surface area contributed by atoms with E-state index in [1.807, 2.05) is 28.8 Å². The SMILES string of the molecule is CCCn1c(NC(=O)C2CCCCN2S(C)(=O)=O)nc2ccccc21. The molecule has 1 aliphatic heterocycles. The molecule has 2 heterocycles. The van der Waals surface area contributed by atoms with Gasteiger partial charge in [-0.2, -0.15) is 4.31 Å². The number of rotatable bonds is 5. The number of carbonyl (C=O) groups excluding carboxylic acids is 1. The van der Waals surface area contributed by atoms with E-state index < -0.39 is 16.1 Å². The van der Waals surface area contributed by atoms with Gasteiger partial charge in [-0.15, -0.1) is 0 Å². The smallest absolute Gasteiger partial charge is 0.245 e. The highest BCUT2D eigenvalue weighted by atomic mass is 32.2. The lowest BCUT2D eigenvalue weighted by atomic mass is 10.0. The number of benzene rings is 1. The predicted molar refractivity (Wildman–Crippen MR) is 97.8 cm³/mol. The molecule has 7 nitrogen and oxygen atoms in total. The normalized spacial score (nSPS) is 19.2. The summed E-state index contributed by atoms with van der Waals surface area (Å²) in [7, 11) is -3.41. The molecule has 1 atom stereocenters. The maximum atomic E-state index is 12.8. The Bertz CT molecular complexity index is 875. The van der Waals surface area contributed by atoms with Crippen LogP contribution in [-0.4, -0.2) is 47.0 Å². The van der Waals surface area contributed by atoms with Crippen molar-refractivity contribution < 1.29 is 13.2 Å². The van der Waals surface area contributed by atoms with E-state index >= 15 is 0 Å². The zero-order valence-electron chi connectivity index (χ0n) is 14.6. The van der Waals surface area contributed by atoms with Gasteiger partial charge in [0.2, 0.25) is 21.9 Å². The van der Waals surface area contributed by atoms with Gasteiger partial charge in [-0.25, -0.2) is 13.4 Å². The molecule has 0 bridgehead atoms. The van der Waals surface area contributed by atoms with E-state index in [1.54, 1.807) is 0 Å². The third-order valence-electron chi connectivity index (χ3n) is 4.52. The van der Waals surface area contributed by atoms with Crippen LogP contribution in [0.2, 0.25) is 0 Å². The van der Waals surface area contributed by atoms with Crippen molar-refractivity contribution >= 4 is 32.9 Å². The summed E-state index contributed by atoms with van der Waals surface area (Å²) in [6, 6.07) is 7.05. The van der Waals surface area contributed by atoms with Gasteiger partial charge in [0, 0.05) is 13.1 Å². The van der Waals surface area contributed by atoms with Crippen molar-refractivity contribution in [2.45, 2.75) is 45.2 Å². The van der Waals surface area contributed by atoms with Crippen molar-refractivity contribution in [2.24, 2.45) is 0 Å². The van der Waals surface area contributed by atoms with Crippen LogP contribution in [0.1, 0.15) is 32.6 Å². The van der Waals surface area contributed by atoms with Crippen molar-refractivity contribution in [3.05, 3.63) is 24.3 Å². The van der Waals surface area contributed by atoms with Crippen molar-refractivity contribution in [3.8, 4) is 0 Å². The number of hydrogen-bond donors (Lipinski definition) is 1. The van der Waals surface area contributed by atoms with Crippen molar-refractivity contribution in [2.75, 3.05) is 18.1 Å². The first-order valence-corrected chi connectivity index (χ1v) is 10.5. The van der Waals surface area contributed by atoms with Crippen LogP contribution >= 0.6 is 0 Å². The second kappa shape index (κ2) is 7.13. The van der Waals surface area contributed by atoms with E-state index in [0.29, 0.717) is 18.9 Å². The Balaban J connectivity index is 1.89. The number of aryl methyl sites for hydroxylation is 1. The zero-order valence-corrected chi connectivity index (χ0v) is 15.4. The Morgan fingerprint density at radius 2 is 2.08 bits per heavy atom. The second-order valence-corrected chi connectivity index (χ2v) is 8.39. The molecule has 1 amide bonds. The molecule has 25 heavy (non-hydrogen) atoms. The van der Waals surface area contributed by atoms with Gasteiger partial charge in [-0.3, -0.25) is 10.1 Å². The molecule has 1 unspecified atom stereocenters. The first kappa shape index (κ1) is 17.9. The summed E-state index contributed by atoms with van der Waals surface area (Å²) in [6.45, 7) is 3.19. The Kier molecular flexibility index (Phi) is 5.10. The van der Waals surface area contributed by atoms with Crippen molar-refractivity contribution in [1.82, 2.24) is 13.9 Å². The number of sulfonamides is 1. The number of para-hydroxylation sites is 2. The van der Waals surface area contributed by atoms with E-state index in [2.05, 4.69) is 17.2 Å². The Labute approximate surface area is 148 Å². The summed E-state index contributed by atoms with van der Waals surface area (Å²) >= 11 is 0. The van der Waals surface area contributed by atoms with Gasteiger partial charge in [0.1, 0.15) is 6.04 Å². The van der Waals surface area contributed by atoms with Gasteiger partial charge in [-0.1, -0.05) is 25.5 Å². The number of carbonyl (C=O) groups is 1. The summed E-state index contributed by atoms with van der Waals surface area (Å²) in [5, 5.41) is 2.86. The fraction of sp³-hybridized carbons (Fsp3) is 0.529. The number of anilines is 1. The Hall–Kier alpha value is -1.93. The summed E-state index contributed by atoms with van der Waals surface area (Å²) in [6.07, 6.45) is 4.22. The van der Waals surface area contributed by atoms with Crippen LogP contribution in [0.3, 0.4) is 0 Å². The van der Waals surface area contributed by atoms with E-state index in [4.69, 9.17) is 0 Å². The lowest BCUT2D eigenvalue weighted by molar-refractivity contribution is -0.120. The third-order valence-corrected chi connectivity index (χ3v) is 5.81. The third kappa shape index (κ3) is 3.69. The van der Waals surface area contributed by atoms with E-state index in [0.717, 1.165) is 43.1 Å². The van der Waals surface area contributed by atoms with Crippen LogP contribution in [0.5, 0.6) is 0 Å². The molecule has 1 aromatic heterocycles. The van der Waals surface area contributed by atoms with Gasteiger partial charge in [0.25, 0.3) is 0 Å². The minimum absolute atomic E-state index is 0.308. The van der Waals surface area contributed by atoms with Gasteiger partial charge in [0.05, 0.1) is 17.3 Å². The maximum absolute atomic E-state index is 12.8. The maximum Gasteiger partial charge on any atom is 0.245 e. The number of nitrogens with one attached hydrogen (secondary N) is 1. The molecule has 1 fully saturated rings. The standard InChI is InChI=1S/C17H24N4O3S/c1-3-11-20-14-9-5-4-8-13(14)18-17(20)19-16(22)15-10-6-7-12-21(15)25(2,23)24/h4-5,8-9,15H,3,6-7,10-12H2,1-2H3,(H,18,19,22). The van der Waals surface area contributed by atoms with Gasteiger partial charge in [-0.05, 0) is 31.4 Å². The molecule has 1 aliphatic rings. The van der Waals surface area contributed by atoms with Crippen LogP contribution < -0.4 is 5.32 Å². The summed E-state index contributed by atoms with van der Waals surface area (Å²) in [4.78, 5) is 17.3. The quantitative estimate of drug-likeness (QED) is 0.881. The molecule has 3 rings (SSSR count). The molecule has 1 saturated heterocycles. The first-order valence-electron chi connectivity index (χ1n) is 8.64. The lowest BCUT2D eigenvalue weighted by Gasteiger charge is -2.32. The molecular formula is C17H24N4O3S. The molecule has 136 valence electrons. The van der Waals surface area contributed by atoms with E-state index in [1.165, 1.54) is 4.31 Å². The molecule has 0 saturated carbocycles. The fourth-order valence-electron chi connectivity index (χ4n) is 3.38. The zero-order chi connectivity index (χ0) is 18.0. The highest BCUT2D eigenvalue weighted by Gasteiger charge is 2.35. The van der Waals surface area contributed by atoms with Crippen molar-refractivity contribution in [1.29, 1.82) is 0 Å². The van der Waals surface area contributed by atoms with Gasteiger partial charge in [0.15, 0.2) is 0 Å². The molecule has 1 N–H and O–H groups in total. The largest absolute Gasteiger partial charge is 0.310 e. The highest BCUT2D eigenvalue weighted by molar-refractivity contribution is 7.88. The van der Waals surface area contributed by atoms with Crippen LogP contribution in [0, 0.1) is 0 Å². The molecular weight excluding hydrogens is 340 g/mol. The number of aromatic nitrogens is 2. The summed E-state index contributed by atoms with van der Waals surface area (Å²) in [5.74, 6) is 0.171. The number of amides is 1. The number of hydrogen-bond acceptors (Lipinski definition) is 4. The topological polar surface area (TPSA) is 84.3 Å². The van der Waals surface area contributed by atoms with Crippen LogP contribution in [0.4, 0.5) is 5.95 Å². The molecule has 1 aromatic carbocycles. The van der Waals surface area contributed by atoms with Gasteiger partial charge >= 0.3 is 0 Å². The fourth-order valence-corrected chi connectivity index (χ4v) is 4.50. The molecule has 0 radical (unpaired) electrons. The number of imidazole rings is 1. The monoisotopic (exact) mass is 364 g/mol. The van der Waals surface area contributed by atoms with E-state index in [-0.39, 0.29) is 5.91 Å². The molecule has 8 heteroatoms. The van der Waals surface area contributed by atoms with Crippen LogP contribution in [0.15, 0.2) is 24.3 Å². The van der Waals surface area contributed by atoms with Gasteiger partial charge < -0.3 is 4.57 Å². The summed E-state index contributed by atoms with van der Waals surface area (Å²) < 4.78 is 27.3. The van der Waals surface area contributed by atoms with Crippen molar-refractivity contribution in [3.63, 3.8) is 0 Å². The molecule has 0 aliphatic carbocycles. The minimum atomic E-state index is -3.41. The first-order chi connectivity index (χ1) is 11.9. The number of fused-ring (bicyclic) bond motifs is 1. The molecule has 2 aromatic rings. The average Bonchev–Trinajstić information content (AvgIpc) is 2.92. The second-order valence-electron chi connectivity index (χ2n) is 6.45. The minimum Gasteiger partial charge on any atom is -0.310 e. The predicted octanol–water partition coefficient (Wildman–Crippen LogP) is 2.20. The number of piperidine rings is 1. The van der Waals surface area contributed by atoms with Crippen LogP contribution in [0.25, 0.3) is 11.0 Å². The van der Waals surface area contributed by atoms with Crippen LogP contribution in [-0.2, 0) is 21.4 Å². The number of nitrogens with zero attached hydrogens (tertiary/aromatic N) is 3. The highest BCUT2D eigenvalue weighted by Crippen LogP contribution is 2.23. The average molecular weight is 364 g/mol. The Morgan fingerprint density at radius 1 is 1.32 bits per heavy atom. The Morgan fingerprint density at radius 3 is 2.80 bits per heavy atom. The lowest BCUT2D eigenvalue weighted by Crippen LogP contribution is -2.49. The molecule has 0 spiro atoms.